The molecular formula is C21H28O5. The summed E-state index contributed by atoms with van der Waals surface area (Å²) in [5, 5.41) is 11.5. The summed E-state index contributed by atoms with van der Waals surface area (Å²) in [5.41, 5.74) is -0.905. The summed E-state index contributed by atoms with van der Waals surface area (Å²) in [4.78, 5) is 26.1. The second-order valence-electron chi connectivity index (χ2n) is 8.30. The van der Waals surface area contributed by atoms with Gasteiger partial charge in [0.2, 0.25) is 11.4 Å². The Morgan fingerprint density at radius 1 is 1.31 bits per heavy atom. The minimum atomic E-state index is -2.20. The fourth-order valence-corrected chi connectivity index (χ4v) is 5.30. The summed E-state index contributed by atoms with van der Waals surface area (Å²) in [6.07, 6.45) is 1.44. The molecule has 0 bridgehead atoms. The molecule has 0 heterocycles. The second kappa shape index (κ2) is 6.08. The van der Waals surface area contributed by atoms with Crippen LogP contribution in [0.3, 0.4) is 0 Å². The number of benzene rings is 1. The number of aliphatic hydroxyl groups is 1. The van der Waals surface area contributed by atoms with Crippen molar-refractivity contribution in [2.45, 2.75) is 52.1 Å². The van der Waals surface area contributed by atoms with E-state index in [1.165, 1.54) is 14.2 Å². The van der Waals surface area contributed by atoms with E-state index in [-0.39, 0.29) is 11.8 Å². The van der Waals surface area contributed by atoms with Crippen LogP contribution in [0, 0.1) is 24.2 Å². The summed E-state index contributed by atoms with van der Waals surface area (Å²) >= 11 is 0. The second-order valence-corrected chi connectivity index (χ2v) is 8.30. The lowest BCUT2D eigenvalue weighted by atomic mass is 9.55. The maximum atomic E-state index is 13.4. The zero-order valence-electron chi connectivity index (χ0n) is 16.4. The molecular weight excluding hydrogens is 332 g/mol. The van der Waals surface area contributed by atoms with Crippen molar-refractivity contribution in [3.05, 3.63) is 28.8 Å². The zero-order chi connectivity index (χ0) is 19.4. The van der Waals surface area contributed by atoms with Crippen LogP contribution in [0.5, 0.6) is 5.75 Å². The van der Waals surface area contributed by atoms with Gasteiger partial charge in [-0.3, -0.25) is 4.79 Å². The number of hydrogen-bond donors (Lipinski definition) is 1. The molecule has 26 heavy (non-hydrogen) atoms. The third kappa shape index (κ3) is 2.19. The van der Waals surface area contributed by atoms with Gasteiger partial charge < -0.3 is 14.6 Å². The number of Topliss-reactive ketones (excluding diaryl/α,β-unsaturated/α-hetero) is 1. The number of carbonyl (C=O) groups is 2. The Kier molecular flexibility index (Phi) is 4.42. The van der Waals surface area contributed by atoms with Crippen LogP contribution < -0.4 is 4.74 Å². The fraction of sp³-hybridized carbons (Fsp3) is 0.619. The molecule has 0 radical (unpaired) electrons. The smallest absolute Gasteiger partial charge is 0.346 e. The Morgan fingerprint density at radius 3 is 2.50 bits per heavy atom. The molecule has 1 aromatic carbocycles. The predicted octanol–water partition coefficient (Wildman–Crippen LogP) is 3.26. The Hall–Kier alpha value is -1.88. The zero-order valence-corrected chi connectivity index (χ0v) is 16.4. The number of ketones is 1. The highest BCUT2D eigenvalue weighted by Crippen LogP contribution is 2.64. The largest absolute Gasteiger partial charge is 0.496 e. The Labute approximate surface area is 154 Å². The van der Waals surface area contributed by atoms with Gasteiger partial charge >= 0.3 is 5.97 Å². The van der Waals surface area contributed by atoms with Crippen molar-refractivity contribution in [2.75, 3.05) is 14.2 Å². The van der Waals surface area contributed by atoms with E-state index in [4.69, 9.17) is 9.47 Å². The van der Waals surface area contributed by atoms with Crippen molar-refractivity contribution >= 4 is 11.8 Å². The van der Waals surface area contributed by atoms with Gasteiger partial charge in [0.25, 0.3) is 0 Å². The quantitative estimate of drug-likeness (QED) is 0.662. The molecule has 0 amide bonds. The van der Waals surface area contributed by atoms with Crippen molar-refractivity contribution in [3.8, 4) is 5.75 Å². The van der Waals surface area contributed by atoms with E-state index >= 15 is 0 Å². The number of ether oxygens (including phenoxy) is 2. The number of methoxy groups -OCH3 is 2. The van der Waals surface area contributed by atoms with Gasteiger partial charge in [-0.1, -0.05) is 26.8 Å². The summed E-state index contributed by atoms with van der Waals surface area (Å²) in [6.45, 7) is 8.12. The van der Waals surface area contributed by atoms with Gasteiger partial charge in [0.1, 0.15) is 5.75 Å². The van der Waals surface area contributed by atoms with Crippen LogP contribution in [-0.4, -0.2) is 36.7 Å². The van der Waals surface area contributed by atoms with Gasteiger partial charge in [-0.2, -0.15) is 0 Å². The van der Waals surface area contributed by atoms with E-state index in [2.05, 4.69) is 13.8 Å². The van der Waals surface area contributed by atoms with Crippen LogP contribution in [0.2, 0.25) is 0 Å². The minimum absolute atomic E-state index is 0.118. The maximum absolute atomic E-state index is 13.4. The first-order chi connectivity index (χ1) is 12.1. The number of aryl methyl sites for hydroxylation is 1. The van der Waals surface area contributed by atoms with Crippen LogP contribution in [0.15, 0.2) is 12.1 Å². The molecule has 5 heteroatoms. The van der Waals surface area contributed by atoms with Crippen LogP contribution >= 0.6 is 0 Å². The number of fused-ring (bicyclic) bond motifs is 3. The summed E-state index contributed by atoms with van der Waals surface area (Å²) in [6, 6.07) is 3.78. The maximum Gasteiger partial charge on any atom is 0.346 e. The highest BCUT2D eigenvalue weighted by atomic mass is 16.5. The molecule has 0 saturated heterocycles. The fourth-order valence-electron chi connectivity index (χ4n) is 5.30. The van der Waals surface area contributed by atoms with Crippen molar-refractivity contribution in [1.29, 1.82) is 0 Å². The van der Waals surface area contributed by atoms with Gasteiger partial charge in [0, 0.05) is 5.41 Å². The molecule has 5 nitrogen and oxygen atoms in total. The summed E-state index contributed by atoms with van der Waals surface area (Å²) in [7, 11) is 2.71. The van der Waals surface area contributed by atoms with Gasteiger partial charge in [-0.05, 0) is 54.7 Å². The van der Waals surface area contributed by atoms with Crippen molar-refractivity contribution in [3.63, 3.8) is 0 Å². The molecule has 3 rings (SSSR count). The number of hydrogen-bond acceptors (Lipinski definition) is 5. The molecule has 1 saturated carbocycles. The molecule has 0 aliphatic heterocycles. The molecule has 4 atom stereocenters. The van der Waals surface area contributed by atoms with Crippen molar-refractivity contribution in [2.24, 2.45) is 17.3 Å². The third-order valence-electron chi connectivity index (χ3n) is 6.66. The van der Waals surface area contributed by atoms with Crippen LogP contribution in [0.25, 0.3) is 0 Å². The topological polar surface area (TPSA) is 72.8 Å². The van der Waals surface area contributed by atoms with E-state index in [0.717, 1.165) is 17.5 Å². The van der Waals surface area contributed by atoms with Crippen LogP contribution in [-0.2, 0) is 9.53 Å². The van der Waals surface area contributed by atoms with E-state index in [1.54, 1.807) is 6.07 Å². The minimum Gasteiger partial charge on any atom is -0.496 e. The molecule has 2 aliphatic rings. The standard InChI is InChI=1S/C21H28O5/c1-11(2)13-7-8-20(4)17(13)14-9-12(3)10-15(25-5)16(14)18(22)21(20,24)19(23)26-6/h9-11,13,17,24H,7-8H2,1-6H3/t13-,17-,20-,21-/m1/s1. The highest BCUT2D eigenvalue weighted by molar-refractivity contribution is 6.19. The van der Waals surface area contributed by atoms with E-state index in [1.807, 2.05) is 19.9 Å². The first kappa shape index (κ1) is 18.9. The summed E-state index contributed by atoms with van der Waals surface area (Å²) < 4.78 is 10.4. The highest BCUT2D eigenvalue weighted by Gasteiger charge is 2.69. The molecule has 1 fully saturated rings. The Bertz CT molecular complexity index is 768. The molecule has 1 aromatic rings. The lowest BCUT2D eigenvalue weighted by Crippen LogP contribution is -2.63. The molecule has 0 aromatic heterocycles. The average Bonchev–Trinajstić information content (AvgIpc) is 2.97. The SMILES string of the molecule is COC(=O)[C@]1(O)C(=O)c2c(OC)cc(C)cc2[C@H]2[C@@H](C(C)C)CC[C@]21C. The van der Waals surface area contributed by atoms with Crippen molar-refractivity contribution in [1.82, 2.24) is 0 Å². The summed E-state index contributed by atoms with van der Waals surface area (Å²) in [5.74, 6) is -0.588. The molecule has 2 aliphatic carbocycles. The lowest BCUT2D eigenvalue weighted by molar-refractivity contribution is -0.171. The van der Waals surface area contributed by atoms with Gasteiger partial charge in [-0.15, -0.1) is 0 Å². The Balaban J connectivity index is 2.38. The first-order valence-corrected chi connectivity index (χ1v) is 9.17. The third-order valence-corrected chi connectivity index (χ3v) is 6.66. The first-order valence-electron chi connectivity index (χ1n) is 9.17. The van der Waals surface area contributed by atoms with Gasteiger partial charge in [-0.25, -0.2) is 4.79 Å². The number of rotatable bonds is 3. The number of esters is 1. The van der Waals surface area contributed by atoms with Crippen LogP contribution in [0.4, 0.5) is 0 Å². The lowest BCUT2D eigenvalue weighted by Gasteiger charge is -2.49. The predicted molar refractivity (Wildman–Crippen MR) is 97.4 cm³/mol. The average molecular weight is 360 g/mol. The molecule has 142 valence electrons. The van der Waals surface area contributed by atoms with Crippen molar-refractivity contribution < 1.29 is 24.2 Å². The van der Waals surface area contributed by atoms with E-state index in [9.17, 15) is 14.7 Å². The number of carbonyl (C=O) groups excluding carboxylic acids is 2. The van der Waals surface area contributed by atoms with E-state index in [0.29, 0.717) is 23.7 Å². The molecule has 0 unspecified atom stereocenters. The van der Waals surface area contributed by atoms with Gasteiger partial charge in [0.15, 0.2) is 0 Å². The molecule has 1 N–H and O–H groups in total. The Morgan fingerprint density at radius 2 is 1.96 bits per heavy atom. The van der Waals surface area contributed by atoms with Crippen LogP contribution in [0.1, 0.15) is 61.0 Å². The normalized spacial score (nSPS) is 33.0. The molecule has 0 spiro atoms. The monoisotopic (exact) mass is 360 g/mol. The van der Waals surface area contributed by atoms with E-state index < -0.39 is 22.8 Å². The van der Waals surface area contributed by atoms with Gasteiger partial charge in [0.05, 0.1) is 19.8 Å².